The number of ether oxygens (including phenoxy) is 3. The Hall–Kier alpha value is -4.57. The van der Waals surface area contributed by atoms with Crippen LogP contribution in [0.1, 0.15) is 6.42 Å². The van der Waals surface area contributed by atoms with Crippen molar-refractivity contribution in [2.24, 2.45) is 0 Å². The molecule has 0 amide bonds. The minimum absolute atomic E-state index is 0.0489. The maximum absolute atomic E-state index is 13.4. The molecule has 15 heteroatoms. The number of hydrogen-bond donors (Lipinski definition) is 8. The Morgan fingerprint density at radius 2 is 1.67 bits per heavy atom. The molecule has 1 aliphatic rings. The van der Waals surface area contributed by atoms with Crippen molar-refractivity contribution >= 4 is 22.9 Å². The molecule has 8 N–H and O–H groups in total. The summed E-state index contributed by atoms with van der Waals surface area (Å²) in [4.78, 5) is 36.0. The number of aliphatic hydroxyl groups is 3. The lowest BCUT2D eigenvalue weighted by Crippen LogP contribution is -2.61. The third-order valence-electron chi connectivity index (χ3n) is 5.77. The lowest BCUT2D eigenvalue weighted by molar-refractivity contribution is -0.281. The first-order chi connectivity index (χ1) is 18.4. The van der Waals surface area contributed by atoms with Crippen molar-refractivity contribution in [2.75, 3.05) is 6.61 Å². The highest BCUT2D eigenvalue weighted by molar-refractivity contribution is 5.90. The molecular formula is C24H22O15. The van der Waals surface area contributed by atoms with Crippen LogP contribution in [0.3, 0.4) is 0 Å². The van der Waals surface area contributed by atoms with E-state index in [9.17, 15) is 50.1 Å². The zero-order valence-corrected chi connectivity index (χ0v) is 19.6. The number of phenolic OH excluding ortho intramolecular Hbond substituents is 4. The van der Waals surface area contributed by atoms with Crippen LogP contribution >= 0.6 is 0 Å². The smallest absolute Gasteiger partial charge is 0.317 e. The van der Waals surface area contributed by atoms with Crippen molar-refractivity contribution in [3.8, 4) is 40.1 Å². The van der Waals surface area contributed by atoms with E-state index >= 15 is 0 Å². The molecule has 1 fully saturated rings. The van der Waals surface area contributed by atoms with Gasteiger partial charge in [0.2, 0.25) is 17.5 Å². The Morgan fingerprint density at radius 3 is 2.31 bits per heavy atom. The summed E-state index contributed by atoms with van der Waals surface area (Å²) in [6.45, 7) is -0.903. The van der Waals surface area contributed by atoms with E-state index in [4.69, 9.17) is 23.7 Å². The molecule has 0 radical (unpaired) electrons. The second kappa shape index (κ2) is 10.7. The molecular weight excluding hydrogens is 528 g/mol. The monoisotopic (exact) mass is 550 g/mol. The Bertz CT molecular complexity index is 1480. The van der Waals surface area contributed by atoms with Crippen LogP contribution in [-0.2, 0) is 19.1 Å². The number of benzene rings is 2. The van der Waals surface area contributed by atoms with Gasteiger partial charge in [0.25, 0.3) is 0 Å². The molecule has 0 unspecified atom stereocenters. The lowest BCUT2D eigenvalue weighted by atomic mass is 9.99. The normalized spacial score (nSPS) is 22.9. The van der Waals surface area contributed by atoms with E-state index in [1.54, 1.807) is 0 Å². The topological polar surface area (TPSA) is 254 Å². The van der Waals surface area contributed by atoms with E-state index in [1.807, 2.05) is 0 Å². The average Bonchev–Trinajstić information content (AvgIpc) is 2.85. The summed E-state index contributed by atoms with van der Waals surface area (Å²) in [7, 11) is 0. The van der Waals surface area contributed by atoms with Crippen molar-refractivity contribution in [3.05, 3.63) is 40.6 Å². The number of aromatic hydroxyl groups is 4. The third-order valence-corrected chi connectivity index (χ3v) is 5.77. The maximum atomic E-state index is 13.4. The van der Waals surface area contributed by atoms with Crippen LogP contribution in [0, 0.1) is 0 Å². The third kappa shape index (κ3) is 5.37. The zero-order chi connectivity index (χ0) is 28.6. The lowest BCUT2D eigenvalue weighted by Gasteiger charge is -2.41. The van der Waals surface area contributed by atoms with E-state index in [0.717, 1.165) is 24.3 Å². The molecule has 15 nitrogen and oxygen atoms in total. The quantitative estimate of drug-likeness (QED) is 0.105. The molecule has 2 heterocycles. The Morgan fingerprint density at radius 1 is 0.949 bits per heavy atom. The summed E-state index contributed by atoms with van der Waals surface area (Å²) in [6.07, 6.45) is -10.3. The predicted octanol–water partition coefficient (Wildman–Crippen LogP) is -0.513. The van der Waals surface area contributed by atoms with Gasteiger partial charge in [-0.2, -0.15) is 0 Å². The standard InChI is InChI=1S/C24H22O15/c25-7-14-22(38-16(32)6-15(30)31)19(34)20(35)24(37-14)39-23-18(33)17-12(29)4-9(26)5-13(17)36-21(23)8-1-2-10(27)11(28)3-8/h1-5,14,19-20,22,24-29,34-35H,6-7H2,(H,30,31)/t14-,19-,20-,22-,24+/m0/s1. The molecule has 1 aliphatic heterocycles. The van der Waals surface area contributed by atoms with Gasteiger partial charge in [-0.05, 0) is 18.2 Å². The molecule has 0 bridgehead atoms. The van der Waals surface area contributed by atoms with Gasteiger partial charge in [-0.15, -0.1) is 0 Å². The number of rotatable bonds is 7. The number of aliphatic carboxylic acids is 1. The highest BCUT2D eigenvalue weighted by atomic mass is 16.7. The van der Waals surface area contributed by atoms with Crippen LogP contribution in [0.4, 0.5) is 0 Å². The molecule has 0 spiro atoms. The Balaban J connectivity index is 1.77. The maximum Gasteiger partial charge on any atom is 0.317 e. The number of hydrogen-bond acceptors (Lipinski definition) is 14. The number of aliphatic hydroxyl groups excluding tert-OH is 3. The van der Waals surface area contributed by atoms with Crippen molar-refractivity contribution < 1.29 is 69.1 Å². The minimum atomic E-state index is -2.04. The van der Waals surface area contributed by atoms with Crippen molar-refractivity contribution in [1.82, 2.24) is 0 Å². The van der Waals surface area contributed by atoms with Gasteiger partial charge in [0, 0.05) is 17.7 Å². The largest absolute Gasteiger partial charge is 0.508 e. The van der Waals surface area contributed by atoms with Gasteiger partial charge >= 0.3 is 11.9 Å². The average molecular weight is 550 g/mol. The number of fused-ring (bicyclic) bond motifs is 1. The van der Waals surface area contributed by atoms with Crippen LogP contribution < -0.4 is 10.2 Å². The van der Waals surface area contributed by atoms with Crippen LogP contribution in [0.5, 0.6) is 28.7 Å². The summed E-state index contributed by atoms with van der Waals surface area (Å²) in [5.74, 6) is -6.24. The summed E-state index contributed by atoms with van der Waals surface area (Å²) in [5, 5.41) is 78.9. The van der Waals surface area contributed by atoms with E-state index in [2.05, 4.69) is 0 Å². The molecule has 1 saturated heterocycles. The fourth-order valence-electron chi connectivity index (χ4n) is 3.96. The van der Waals surface area contributed by atoms with Gasteiger partial charge in [-0.25, -0.2) is 0 Å². The van der Waals surface area contributed by atoms with Crippen LogP contribution in [0.25, 0.3) is 22.3 Å². The number of carboxylic acid groups (broad SMARTS) is 1. The van der Waals surface area contributed by atoms with Crippen LogP contribution in [-0.4, -0.2) is 90.1 Å². The van der Waals surface area contributed by atoms with Crippen LogP contribution in [0.15, 0.2) is 39.5 Å². The fraction of sp³-hybridized carbons (Fsp3) is 0.292. The Labute approximate surface area is 216 Å². The molecule has 0 saturated carbocycles. The second-order valence-corrected chi connectivity index (χ2v) is 8.48. The number of carbonyl (C=O) groups is 2. The number of esters is 1. The van der Waals surface area contributed by atoms with Crippen LogP contribution in [0.2, 0.25) is 0 Å². The van der Waals surface area contributed by atoms with Crippen molar-refractivity contribution in [3.63, 3.8) is 0 Å². The van der Waals surface area contributed by atoms with Gasteiger partial charge in [0.15, 0.2) is 23.4 Å². The summed E-state index contributed by atoms with van der Waals surface area (Å²) in [5.41, 5.74) is -1.40. The second-order valence-electron chi connectivity index (χ2n) is 8.48. The predicted molar refractivity (Wildman–Crippen MR) is 125 cm³/mol. The number of carboxylic acids is 1. The van der Waals surface area contributed by atoms with Gasteiger partial charge in [-0.1, -0.05) is 0 Å². The molecule has 5 atom stereocenters. The number of phenols is 4. The molecule has 3 aromatic rings. The van der Waals surface area contributed by atoms with Crippen molar-refractivity contribution in [2.45, 2.75) is 37.1 Å². The SMILES string of the molecule is O=C(O)CC(=O)O[C@@H]1[C@@H](O)[C@H](O)[C@@H](Oc2c(-c3ccc(O)c(O)c3)oc3cc(O)cc(O)c3c2=O)O[C@H]1CO. The van der Waals surface area contributed by atoms with E-state index in [-0.39, 0.29) is 11.1 Å². The van der Waals surface area contributed by atoms with Gasteiger partial charge in [0.1, 0.15) is 47.2 Å². The van der Waals surface area contributed by atoms with Crippen molar-refractivity contribution in [1.29, 1.82) is 0 Å². The number of carbonyl (C=O) groups excluding carboxylic acids is 1. The van der Waals surface area contributed by atoms with Gasteiger partial charge in [0.05, 0.1) is 6.61 Å². The minimum Gasteiger partial charge on any atom is -0.508 e. The first-order valence-corrected chi connectivity index (χ1v) is 11.2. The molecule has 1 aromatic heterocycles. The highest BCUT2D eigenvalue weighted by Crippen LogP contribution is 2.39. The highest BCUT2D eigenvalue weighted by Gasteiger charge is 2.48. The van der Waals surface area contributed by atoms with E-state index < -0.39 is 101 Å². The zero-order valence-electron chi connectivity index (χ0n) is 19.6. The fourth-order valence-corrected chi connectivity index (χ4v) is 3.96. The molecule has 39 heavy (non-hydrogen) atoms. The summed E-state index contributed by atoms with van der Waals surface area (Å²) >= 11 is 0. The first kappa shape index (κ1) is 27.5. The van der Waals surface area contributed by atoms with E-state index in [0.29, 0.717) is 0 Å². The molecule has 2 aromatic carbocycles. The van der Waals surface area contributed by atoms with Gasteiger partial charge < -0.3 is 59.5 Å². The molecule has 208 valence electrons. The Kier molecular flexibility index (Phi) is 7.51. The molecule has 0 aliphatic carbocycles. The van der Waals surface area contributed by atoms with E-state index in [1.165, 1.54) is 6.07 Å². The summed E-state index contributed by atoms with van der Waals surface area (Å²) in [6, 6.07) is 5.14. The van der Waals surface area contributed by atoms with Gasteiger partial charge in [-0.3, -0.25) is 14.4 Å². The summed E-state index contributed by atoms with van der Waals surface area (Å²) < 4.78 is 21.5. The first-order valence-electron chi connectivity index (χ1n) is 11.2. The molecule has 4 rings (SSSR count).